The Morgan fingerprint density at radius 2 is 2.08 bits per heavy atom. The maximum atomic E-state index is 12.6. The third-order valence-corrected chi connectivity index (χ3v) is 4.73. The van der Waals surface area contributed by atoms with Crippen molar-refractivity contribution >= 4 is 5.91 Å². The Morgan fingerprint density at radius 1 is 1.24 bits per heavy atom. The number of amides is 1. The van der Waals surface area contributed by atoms with Gasteiger partial charge in [-0.05, 0) is 42.7 Å². The van der Waals surface area contributed by atoms with Crippen molar-refractivity contribution < 1.29 is 9.53 Å². The molecule has 0 aromatic heterocycles. The van der Waals surface area contributed by atoms with Crippen molar-refractivity contribution in [2.45, 2.75) is 32.9 Å². The number of nitrogens with zero attached hydrogens (tertiary/aromatic N) is 1. The van der Waals surface area contributed by atoms with Crippen LogP contribution < -0.4 is 10.1 Å². The molecule has 1 aliphatic rings. The lowest BCUT2D eigenvalue weighted by Gasteiger charge is -2.34. The molecule has 1 amide bonds. The zero-order valence-electron chi connectivity index (χ0n) is 15.0. The van der Waals surface area contributed by atoms with E-state index in [0.29, 0.717) is 13.0 Å². The fraction of sp³-hybridized carbons (Fsp3) is 0.381. The maximum absolute atomic E-state index is 12.6. The molecule has 25 heavy (non-hydrogen) atoms. The molecule has 0 spiro atoms. The minimum atomic E-state index is 0.185. The topological polar surface area (TPSA) is 41.6 Å². The number of benzene rings is 2. The Bertz CT molecular complexity index is 729. The summed E-state index contributed by atoms with van der Waals surface area (Å²) < 4.78 is 5.93. The van der Waals surface area contributed by atoms with Crippen LogP contribution in [-0.4, -0.2) is 36.5 Å². The molecule has 4 heteroatoms. The van der Waals surface area contributed by atoms with Gasteiger partial charge >= 0.3 is 0 Å². The number of carbonyl (C=O) groups is 1. The lowest BCUT2D eigenvalue weighted by molar-refractivity contribution is -0.133. The molecule has 0 saturated carbocycles. The van der Waals surface area contributed by atoms with Crippen LogP contribution >= 0.6 is 0 Å². The standard InChI is InChI=1S/C21H26N2O2/c1-16-6-3-4-8-19(16)15-25-20-9-5-7-18(12-20)13-21(24)23-11-10-22-14-17(23)2/h3-9,12,17,22H,10-11,13-15H2,1-2H3/t17-/m0/s1. The molecule has 1 N–H and O–H groups in total. The minimum Gasteiger partial charge on any atom is -0.489 e. The van der Waals surface area contributed by atoms with E-state index in [-0.39, 0.29) is 11.9 Å². The minimum absolute atomic E-state index is 0.185. The summed E-state index contributed by atoms with van der Waals surface area (Å²) in [7, 11) is 0. The van der Waals surface area contributed by atoms with Crippen LogP contribution in [-0.2, 0) is 17.8 Å². The third-order valence-electron chi connectivity index (χ3n) is 4.73. The highest BCUT2D eigenvalue weighted by Gasteiger charge is 2.22. The number of ether oxygens (including phenoxy) is 1. The summed E-state index contributed by atoms with van der Waals surface area (Å²) >= 11 is 0. The molecule has 2 aromatic carbocycles. The molecule has 1 fully saturated rings. The fourth-order valence-corrected chi connectivity index (χ4v) is 3.17. The molecular weight excluding hydrogens is 312 g/mol. The summed E-state index contributed by atoms with van der Waals surface area (Å²) in [5, 5.41) is 3.32. The van der Waals surface area contributed by atoms with Gasteiger partial charge in [0, 0.05) is 25.7 Å². The number of carbonyl (C=O) groups excluding carboxylic acids is 1. The van der Waals surface area contributed by atoms with Gasteiger partial charge in [-0.1, -0.05) is 36.4 Å². The molecule has 0 unspecified atom stereocenters. The zero-order valence-corrected chi connectivity index (χ0v) is 15.0. The third kappa shape index (κ3) is 4.60. The Hall–Kier alpha value is -2.33. The summed E-state index contributed by atoms with van der Waals surface area (Å²) in [5.41, 5.74) is 3.40. The van der Waals surface area contributed by atoms with E-state index in [0.717, 1.165) is 30.9 Å². The van der Waals surface area contributed by atoms with Crippen LogP contribution in [0, 0.1) is 6.92 Å². The first-order chi connectivity index (χ1) is 12.1. The summed E-state index contributed by atoms with van der Waals surface area (Å²) in [4.78, 5) is 14.5. The van der Waals surface area contributed by atoms with Crippen LogP contribution in [0.15, 0.2) is 48.5 Å². The normalized spacial score (nSPS) is 17.4. The van der Waals surface area contributed by atoms with Gasteiger partial charge in [0.1, 0.15) is 12.4 Å². The van der Waals surface area contributed by atoms with Crippen molar-refractivity contribution in [1.82, 2.24) is 10.2 Å². The van der Waals surface area contributed by atoms with Gasteiger partial charge in [-0.15, -0.1) is 0 Å². The molecule has 3 rings (SSSR count). The summed E-state index contributed by atoms with van der Waals surface area (Å²) in [6, 6.07) is 16.3. The average Bonchev–Trinajstić information content (AvgIpc) is 2.62. The number of rotatable bonds is 5. The Labute approximate surface area is 149 Å². The molecule has 1 heterocycles. The number of hydrogen-bond acceptors (Lipinski definition) is 3. The van der Waals surface area contributed by atoms with Gasteiger partial charge < -0.3 is 15.0 Å². The predicted octanol–water partition coefficient (Wildman–Crippen LogP) is 2.94. The lowest BCUT2D eigenvalue weighted by atomic mass is 10.1. The first-order valence-electron chi connectivity index (χ1n) is 8.90. The van der Waals surface area contributed by atoms with E-state index in [1.807, 2.05) is 41.3 Å². The van der Waals surface area contributed by atoms with Crippen molar-refractivity contribution in [2.75, 3.05) is 19.6 Å². The number of nitrogens with one attached hydrogen (secondary N) is 1. The summed E-state index contributed by atoms with van der Waals surface area (Å²) in [5.74, 6) is 0.993. The Morgan fingerprint density at radius 3 is 2.88 bits per heavy atom. The highest BCUT2D eigenvalue weighted by Crippen LogP contribution is 2.18. The van der Waals surface area contributed by atoms with Crippen LogP contribution in [0.4, 0.5) is 0 Å². The summed E-state index contributed by atoms with van der Waals surface area (Å²) in [6.07, 6.45) is 0.423. The SMILES string of the molecule is Cc1ccccc1COc1cccc(CC(=O)N2CCNC[C@@H]2C)c1. The Balaban J connectivity index is 1.61. The quantitative estimate of drug-likeness (QED) is 0.911. The second-order valence-electron chi connectivity index (χ2n) is 6.68. The Kier molecular flexibility index (Phi) is 5.71. The first kappa shape index (κ1) is 17.5. The van der Waals surface area contributed by atoms with E-state index in [4.69, 9.17) is 4.74 Å². The molecule has 132 valence electrons. The molecule has 0 aliphatic carbocycles. The van der Waals surface area contributed by atoms with Crippen LogP contribution in [0.2, 0.25) is 0 Å². The molecule has 0 bridgehead atoms. The second kappa shape index (κ2) is 8.17. The molecule has 1 aliphatic heterocycles. The molecule has 1 saturated heterocycles. The van der Waals surface area contributed by atoms with Crippen molar-refractivity contribution in [1.29, 1.82) is 0 Å². The predicted molar refractivity (Wildman–Crippen MR) is 99.7 cm³/mol. The molecule has 0 radical (unpaired) electrons. The molecular formula is C21H26N2O2. The molecule has 1 atom stereocenters. The lowest BCUT2D eigenvalue weighted by Crippen LogP contribution is -2.52. The van der Waals surface area contributed by atoms with Crippen LogP contribution in [0.3, 0.4) is 0 Å². The highest BCUT2D eigenvalue weighted by atomic mass is 16.5. The van der Waals surface area contributed by atoms with Gasteiger partial charge in [-0.3, -0.25) is 4.79 Å². The van der Waals surface area contributed by atoms with Gasteiger partial charge in [0.2, 0.25) is 5.91 Å². The number of piperazine rings is 1. The van der Waals surface area contributed by atoms with Gasteiger partial charge in [0.05, 0.1) is 6.42 Å². The fourth-order valence-electron chi connectivity index (χ4n) is 3.17. The van der Waals surface area contributed by atoms with E-state index in [9.17, 15) is 4.79 Å². The van der Waals surface area contributed by atoms with Gasteiger partial charge in [-0.25, -0.2) is 0 Å². The smallest absolute Gasteiger partial charge is 0.227 e. The monoisotopic (exact) mass is 338 g/mol. The van der Waals surface area contributed by atoms with Crippen molar-refractivity contribution in [3.05, 3.63) is 65.2 Å². The zero-order chi connectivity index (χ0) is 17.6. The van der Waals surface area contributed by atoms with Crippen molar-refractivity contribution in [3.63, 3.8) is 0 Å². The van der Waals surface area contributed by atoms with E-state index in [1.54, 1.807) is 0 Å². The van der Waals surface area contributed by atoms with E-state index in [1.165, 1.54) is 11.1 Å². The van der Waals surface area contributed by atoms with Crippen molar-refractivity contribution in [3.8, 4) is 5.75 Å². The van der Waals surface area contributed by atoms with Crippen LogP contribution in [0.1, 0.15) is 23.6 Å². The van der Waals surface area contributed by atoms with Gasteiger partial charge in [0.15, 0.2) is 0 Å². The first-order valence-corrected chi connectivity index (χ1v) is 8.90. The average molecular weight is 338 g/mol. The van der Waals surface area contributed by atoms with Gasteiger partial charge in [-0.2, -0.15) is 0 Å². The highest BCUT2D eigenvalue weighted by molar-refractivity contribution is 5.79. The number of aryl methyl sites for hydroxylation is 1. The van der Waals surface area contributed by atoms with Crippen LogP contribution in [0.25, 0.3) is 0 Å². The maximum Gasteiger partial charge on any atom is 0.227 e. The van der Waals surface area contributed by atoms with Crippen LogP contribution in [0.5, 0.6) is 5.75 Å². The molecule has 4 nitrogen and oxygen atoms in total. The van der Waals surface area contributed by atoms with Gasteiger partial charge in [0.25, 0.3) is 0 Å². The largest absolute Gasteiger partial charge is 0.489 e. The summed E-state index contributed by atoms with van der Waals surface area (Å²) in [6.45, 7) is 7.23. The van der Waals surface area contributed by atoms with E-state index < -0.39 is 0 Å². The van der Waals surface area contributed by atoms with Crippen molar-refractivity contribution in [2.24, 2.45) is 0 Å². The molecule has 2 aromatic rings. The number of hydrogen-bond donors (Lipinski definition) is 1. The van der Waals surface area contributed by atoms with E-state index in [2.05, 4.69) is 31.3 Å². The van der Waals surface area contributed by atoms with E-state index >= 15 is 0 Å². The second-order valence-corrected chi connectivity index (χ2v) is 6.68.